The fourth-order valence-electron chi connectivity index (χ4n) is 2.80. The summed E-state index contributed by atoms with van der Waals surface area (Å²) < 4.78 is 0. The highest BCUT2D eigenvalue weighted by atomic mass is 32.1. The van der Waals surface area contributed by atoms with E-state index in [2.05, 4.69) is 15.6 Å². The van der Waals surface area contributed by atoms with E-state index >= 15 is 0 Å². The Labute approximate surface area is 145 Å². The van der Waals surface area contributed by atoms with Gasteiger partial charge in [-0.1, -0.05) is 17.7 Å². The molecule has 1 atom stereocenters. The van der Waals surface area contributed by atoms with Crippen molar-refractivity contribution in [3.05, 3.63) is 46.0 Å². The van der Waals surface area contributed by atoms with Crippen LogP contribution >= 0.6 is 11.3 Å². The van der Waals surface area contributed by atoms with Gasteiger partial charge in [-0.15, -0.1) is 11.3 Å². The number of anilines is 1. The molecule has 3 rings (SSSR count). The molecule has 6 heteroatoms. The summed E-state index contributed by atoms with van der Waals surface area (Å²) in [5.41, 5.74) is 2.53. The Morgan fingerprint density at radius 3 is 2.62 bits per heavy atom. The first kappa shape index (κ1) is 16.6. The third-order valence-corrected chi connectivity index (χ3v) is 5.05. The van der Waals surface area contributed by atoms with E-state index in [1.54, 1.807) is 12.1 Å². The topological polar surface area (TPSA) is 71.1 Å². The summed E-state index contributed by atoms with van der Waals surface area (Å²) >= 11 is 1.47. The summed E-state index contributed by atoms with van der Waals surface area (Å²) in [6.45, 7) is 5.87. The average Bonchev–Trinajstić information content (AvgIpc) is 3.06. The lowest BCUT2D eigenvalue weighted by Gasteiger charge is -2.13. The van der Waals surface area contributed by atoms with Crippen LogP contribution in [0.3, 0.4) is 0 Å². The van der Waals surface area contributed by atoms with Crippen molar-refractivity contribution >= 4 is 28.3 Å². The fraction of sp³-hybridized carbons (Fsp3) is 0.389. The third kappa shape index (κ3) is 3.48. The smallest absolute Gasteiger partial charge is 0.257 e. The van der Waals surface area contributed by atoms with Gasteiger partial charge < -0.3 is 5.32 Å². The first-order valence-corrected chi connectivity index (χ1v) is 8.93. The Hall–Kier alpha value is -2.21. The Bertz CT molecular complexity index is 765. The molecule has 1 aliphatic carbocycles. The maximum Gasteiger partial charge on any atom is 0.257 e. The van der Waals surface area contributed by atoms with E-state index in [4.69, 9.17) is 0 Å². The normalized spacial score (nSPS) is 16.1. The van der Waals surface area contributed by atoms with Crippen LogP contribution in [0.25, 0.3) is 0 Å². The molecule has 1 unspecified atom stereocenters. The highest BCUT2D eigenvalue weighted by Crippen LogP contribution is 2.38. The number of hydrogen-bond donors (Lipinski definition) is 2. The van der Waals surface area contributed by atoms with Crippen LogP contribution in [-0.4, -0.2) is 22.8 Å². The van der Waals surface area contributed by atoms with E-state index in [1.807, 2.05) is 32.9 Å². The molecule has 0 aliphatic heterocycles. The molecule has 0 saturated carbocycles. The van der Waals surface area contributed by atoms with Gasteiger partial charge in [0.1, 0.15) is 0 Å². The van der Waals surface area contributed by atoms with Gasteiger partial charge >= 0.3 is 0 Å². The predicted molar refractivity (Wildman–Crippen MR) is 95.6 cm³/mol. The van der Waals surface area contributed by atoms with Gasteiger partial charge in [0.2, 0.25) is 5.91 Å². The van der Waals surface area contributed by atoms with E-state index in [-0.39, 0.29) is 23.8 Å². The number of benzene rings is 1. The molecule has 2 aromatic rings. The van der Waals surface area contributed by atoms with Crippen LogP contribution < -0.4 is 10.6 Å². The van der Waals surface area contributed by atoms with Crippen molar-refractivity contribution in [1.29, 1.82) is 0 Å². The van der Waals surface area contributed by atoms with E-state index in [1.165, 1.54) is 11.3 Å². The summed E-state index contributed by atoms with van der Waals surface area (Å²) in [4.78, 5) is 30.2. The number of carbonyl (C=O) groups is 2. The van der Waals surface area contributed by atoms with Crippen LogP contribution in [0.2, 0.25) is 0 Å². The number of aryl methyl sites for hydroxylation is 2. The second-order valence-corrected chi connectivity index (χ2v) is 7.49. The van der Waals surface area contributed by atoms with Gasteiger partial charge in [0, 0.05) is 16.5 Å². The number of thiazole rings is 1. The van der Waals surface area contributed by atoms with Crippen LogP contribution in [0, 0.1) is 6.92 Å². The Balaban J connectivity index is 1.72. The number of amides is 2. The number of carbonyl (C=O) groups excluding carboxylic acids is 2. The van der Waals surface area contributed by atoms with E-state index < -0.39 is 0 Å². The van der Waals surface area contributed by atoms with Gasteiger partial charge in [0.25, 0.3) is 5.91 Å². The van der Waals surface area contributed by atoms with Crippen LogP contribution in [0.1, 0.15) is 52.7 Å². The van der Waals surface area contributed by atoms with Crippen LogP contribution in [0.5, 0.6) is 0 Å². The summed E-state index contributed by atoms with van der Waals surface area (Å²) in [5, 5.41) is 6.35. The highest BCUT2D eigenvalue weighted by molar-refractivity contribution is 7.16. The van der Waals surface area contributed by atoms with Crippen molar-refractivity contribution in [1.82, 2.24) is 10.3 Å². The van der Waals surface area contributed by atoms with E-state index in [0.29, 0.717) is 10.7 Å². The number of aromatic nitrogens is 1. The monoisotopic (exact) mass is 343 g/mol. The lowest BCUT2D eigenvalue weighted by Crippen LogP contribution is -2.34. The van der Waals surface area contributed by atoms with Crippen molar-refractivity contribution in [2.75, 3.05) is 5.32 Å². The number of nitrogens with zero attached hydrogens (tertiary/aromatic N) is 1. The molecule has 0 bridgehead atoms. The van der Waals surface area contributed by atoms with Crippen LogP contribution in [0.15, 0.2) is 24.3 Å². The van der Waals surface area contributed by atoms with Crippen LogP contribution in [0.4, 0.5) is 5.13 Å². The first-order valence-electron chi connectivity index (χ1n) is 8.12. The minimum Gasteiger partial charge on any atom is -0.353 e. The molecule has 2 N–H and O–H groups in total. The molecule has 0 spiro atoms. The van der Waals surface area contributed by atoms with Gasteiger partial charge in [-0.2, -0.15) is 0 Å². The largest absolute Gasteiger partial charge is 0.353 e. The highest BCUT2D eigenvalue weighted by Gasteiger charge is 2.33. The minimum absolute atomic E-state index is 0.0189. The number of fused-ring (bicyclic) bond motifs is 1. The molecule has 126 valence electrons. The Morgan fingerprint density at radius 1 is 1.25 bits per heavy atom. The minimum atomic E-state index is -0.205. The van der Waals surface area contributed by atoms with Crippen molar-refractivity contribution in [3.8, 4) is 0 Å². The molecule has 1 aromatic heterocycles. The summed E-state index contributed by atoms with van der Waals surface area (Å²) in [5.74, 6) is -0.361. The van der Waals surface area contributed by atoms with Crippen molar-refractivity contribution in [2.45, 2.75) is 45.6 Å². The third-order valence-electron chi connectivity index (χ3n) is 4.00. The van der Waals surface area contributed by atoms with Gasteiger partial charge in [-0.25, -0.2) is 4.98 Å². The molecule has 1 heterocycles. The molecule has 5 nitrogen and oxygen atoms in total. The molecule has 24 heavy (non-hydrogen) atoms. The standard InChI is InChI=1S/C18H21N3O2S/c1-10(2)19-17(23)13-8-9-14-15(13)20-18(24-14)21-16(22)12-6-4-11(3)5-7-12/h4-7,10,13H,8-9H2,1-3H3,(H,19,23)(H,20,21,22). The molecule has 0 fully saturated rings. The molecule has 0 radical (unpaired) electrons. The van der Waals surface area contributed by atoms with Crippen LogP contribution in [-0.2, 0) is 11.2 Å². The molecular weight excluding hydrogens is 322 g/mol. The zero-order chi connectivity index (χ0) is 17.3. The molecule has 1 aliphatic rings. The van der Waals surface area contributed by atoms with Gasteiger partial charge in [0.05, 0.1) is 11.6 Å². The lowest BCUT2D eigenvalue weighted by molar-refractivity contribution is -0.123. The summed E-state index contributed by atoms with van der Waals surface area (Å²) in [7, 11) is 0. The van der Waals surface area contributed by atoms with Gasteiger partial charge in [-0.05, 0) is 45.7 Å². The van der Waals surface area contributed by atoms with Gasteiger partial charge in [-0.3, -0.25) is 14.9 Å². The Kier molecular flexibility index (Phi) is 4.66. The number of nitrogens with one attached hydrogen (secondary N) is 2. The predicted octanol–water partition coefficient (Wildman–Crippen LogP) is 3.26. The molecule has 1 aromatic carbocycles. The van der Waals surface area contributed by atoms with Gasteiger partial charge in [0.15, 0.2) is 5.13 Å². The Morgan fingerprint density at radius 2 is 1.96 bits per heavy atom. The van der Waals surface area contributed by atoms with Crippen molar-refractivity contribution in [2.24, 2.45) is 0 Å². The summed E-state index contributed by atoms with van der Waals surface area (Å²) in [6.07, 6.45) is 1.63. The fourth-order valence-corrected chi connectivity index (χ4v) is 3.83. The molecule has 2 amide bonds. The maximum absolute atomic E-state index is 12.3. The zero-order valence-corrected chi connectivity index (χ0v) is 14.9. The number of rotatable bonds is 4. The van der Waals surface area contributed by atoms with Crippen molar-refractivity contribution < 1.29 is 9.59 Å². The SMILES string of the molecule is Cc1ccc(C(=O)Nc2nc3c(s2)CCC3C(=O)NC(C)C)cc1. The number of hydrogen-bond acceptors (Lipinski definition) is 4. The first-order chi connectivity index (χ1) is 11.4. The quantitative estimate of drug-likeness (QED) is 0.895. The zero-order valence-electron chi connectivity index (χ0n) is 14.1. The summed E-state index contributed by atoms with van der Waals surface area (Å²) in [6, 6.07) is 7.52. The average molecular weight is 343 g/mol. The van der Waals surface area contributed by atoms with Crippen molar-refractivity contribution in [3.63, 3.8) is 0 Å². The second kappa shape index (κ2) is 6.73. The maximum atomic E-state index is 12.3. The van der Waals surface area contributed by atoms with E-state index in [9.17, 15) is 9.59 Å². The lowest BCUT2D eigenvalue weighted by atomic mass is 10.1. The van der Waals surface area contributed by atoms with E-state index in [0.717, 1.165) is 29.0 Å². The molecular formula is C18H21N3O2S. The second-order valence-electron chi connectivity index (χ2n) is 6.40. The molecule has 0 saturated heterocycles.